The van der Waals surface area contributed by atoms with E-state index in [1.807, 2.05) is 61.7 Å². The van der Waals surface area contributed by atoms with Crippen LogP contribution in [0.1, 0.15) is 63.3 Å². The van der Waals surface area contributed by atoms with Gasteiger partial charge in [0, 0.05) is 39.3 Å². The van der Waals surface area contributed by atoms with Gasteiger partial charge in [0.1, 0.15) is 11.3 Å². The van der Waals surface area contributed by atoms with Gasteiger partial charge >= 0.3 is 6.09 Å². The molecule has 0 aliphatic heterocycles. The Morgan fingerprint density at radius 1 is 0.829 bits per heavy atom. The number of thiophene rings is 1. The van der Waals surface area contributed by atoms with Crippen molar-refractivity contribution in [2.75, 3.05) is 16.0 Å². The van der Waals surface area contributed by atoms with Crippen molar-refractivity contribution in [1.29, 1.82) is 0 Å². The minimum Gasteiger partial charge on any atom is -0.444 e. The molecule has 3 N–H and O–H groups in total. The normalized spacial score (nSPS) is 11.8. The fourth-order valence-electron chi connectivity index (χ4n) is 4.24. The number of hydrogen-bond acceptors (Lipinski definition) is 5. The van der Waals surface area contributed by atoms with Crippen LogP contribution in [0.2, 0.25) is 4.34 Å². The molecule has 0 saturated heterocycles. The summed E-state index contributed by atoms with van der Waals surface area (Å²) in [6, 6.07) is 18.0. The number of carbonyl (C=O) groups is 3. The minimum atomic E-state index is -0.607. The van der Waals surface area contributed by atoms with Crippen LogP contribution in [0.5, 0.6) is 0 Å². The zero-order chi connectivity index (χ0) is 29.9. The molecule has 2 aromatic heterocycles. The highest BCUT2D eigenvalue weighted by Gasteiger charge is 2.20. The molecule has 0 atom stereocenters. The number of amides is 3. The van der Waals surface area contributed by atoms with Crippen LogP contribution in [0, 0.1) is 5.41 Å². The molecule has 0 fully saturated rings. The Bertz CT molecular complexity index is 1580. The molecule has 41 heavy (non-hydrogen) atoms. The highest BCUT2D eigenvalue weighted by Crippen LogP contribution is 2.29. The maximum absolute atomic E-state index is 13.5. The second-order valence-electron chi connectivity index (χ2n) is 12.0. The van der Waals surface area contributed by atoms with Gasteiger partial charge in [-0.1, -0.05) is 32.4 Å². The lowest BCUT2D eigenvalue weighted by Gasteiger charge is -2.19. The van der Waals surface area contributed by atoms with E-state index < -0.39 is 11.7 Å². The molecule has 3 amide bonds. The summed E-state index contributed by atoms with van der Waals surface area (Å²) in [6.45, 7) is 11.9. The predicted octanol–water partition coefficient (Wildman–Crippen LogP) is 8.38. The molecule has 0 saturated carbocycles. The van der Waals surface area contributed by atoms with Crippen molar-refractivity contribution in [3.8, 4) is 0 Å². The Hall–Kier alpha value is -3.82. The summed E-state index contributed by atoms with van der Waals surface area (Å²) in [5, 5.41) is 9.42. The summed E-state index contributed by atoms with van der Waals surface area (Å²) < 4.78 is 7.89. The first kappa shape index (κ1) is 30.1. The molecule has 0 unspecified atom stereocenters. The molecule has 2 heterocycles. The van der Waals surface area contributed by atoms with Crippen LogP contribution < -0.4 is 16.0 Å². The SMILES string of the molecule is CC(C)(C)CC(=O)Nc1ccc2c(c1)cc(C(=O)Nc1ccc(NC(=O)OC(C)(C)C)cc1)n2Cc1ccc(Cl)s1. The minimum absolute atomic E-state index is 0.0629. The number of halogens is 1. The average Bonchev–Trinajstić information content (AvgIpc) is 3.41. The molecule has 0 aliphatic rings. The number of ether oxygens (including phenoxy) is 1. The van der Waals surface area contributed by atoms with Crippen molar-refractivity contribution >= 4 is 68.8 Å². The van der Waals surface area contributed by atoms with E-state index in [1.54, 1.807) is 45.0 Å². The largest absolute Gasteiger partial charge is 0.444 e. The van der Waals surface area contributed by atoms with Crippen molar-refractivity contribution in [2.45, 2.75) is 60.1 Å². The number of aromatic nitrogens is 1. The molecular formula is C31H35ClN4O4S. The fraction of sp³-hybridized carbons (Fsp3) is 0.323. The maximum Gasteiger partial charge on any atom is 0.412 e. The van der Waals surface area contributed by atoms with E-state index >= 15 is 0 Å². The zero-order valence-corrected chi connectivity index (χ0v) is 25.6. The van der Waals surface area contributed by atoms with E-state index in [1.165, 1.54) is 11.3 Å². The van der Waals surface area contributed by atoms with Crippen LogP contribution in [0.25, 0.3) is 10.9 Å². The van der Waals surface area contributed by atoms with Gasteiger partial charge in [-0.05, 0) is 86.8 Å². The Balaban J connectivity index is 1.57. The highest BCUT2D eigenvalue weighted by molar-refractivity contribution is 7.16. The van der Waals surface area contributed by atoms with Gasteiger partial charge in [0.2, 0.25) is 5.91 Å². The van der Waals surface area contributed by atoms with Crippen molar-refractivity contribution < 1.29 is 19.1 Å². The summed E-state index contributed by atoms with van der Waals surface area (Å²) in [6.07, 6.45) is -0.160. The van der Waals surface area contributed by atoms with Gasteiger partial charge in [-0.3, -0.25) is 14.9 Å². The monoisotopic (exact) mass is 594 g/mol. The standard InChI is InChI=1S/C31H35ClN4O4S/c1-30(2,3)17-27(37)33-22-11-13-24-19(15-22)16-25(36(24)18-23-12-14-26(32)41-23)28(38)34-20-7-9-21(10-8-20)35-29(39)40-31(4,5)6/h7-16H,17-18H2,1-6H3,(H,33,37)(H,34,38)(H,35,39). The van der Waals surface area contributed by atoms with Crippen LogP contribution in [-0.2, 0) is 16.1 Å². The quantitative estimate of drug-likeness (QED) is 0.200. The highest BCUT2D eigenvalue weighted by atomic mass is 35.5. The zero-order valence-electron chi connectivity index (χ0n) is 24.1. The lowest BCUT2D eigenvalue weighted by atomic mass is 9.92. The number of carbonyl (C=O) groups excluding carboxylic acids is 3. The molecule has 2 aromatic carbocycles. The lowest BCUT2D eigenvalue weighted by molar-refractivity contribution is -0.117. The van der Waals surface area contributed by atoms with Gasteiger partial charge in [-0.2, -0.15) is 0 Å². The second kappa shape index (κ2) is 12.0. The third-order valence-electron chi connectivity index (χ3n) is 5.84. The molecule has 4 rings (SSSR count). The van der Waals surface area contributed by atoms with Crippen LogP contribution in [0.15, 0.2) is 60.7 Å². The third kappa shape index (κ3) is 8.58. The molecule has 8 nitrogen and oxygen atoms in total. The molecule has 0 aliphatic carbocycles. The summed E-state index contributed by atoms with van der Waals surface area (Å²) in [7, 11) is 0. The summed E-state index contributed by atoms with van der Waals surface area (Å²) >= 11 is 7.63. The van der Waals surface area contributed by atoms with E-state index in [0.717, 1.165) is 15.8 Å². The molecule has 0 radical (unpaired) electrons. The van der Waals surface area contributed by atoms with Crippen LogP contribution in [0.3, 0.4) is 0 Å². The Morgan fingerprint density at radius 3 is 2.05 bits per heavy atom. The number of nitrogens with one attached hydrogen (secondary N) is 3. The van der Waals surface area contributed by atoms with Gasteiger partial charge < -0.3 is 19.9 Å². The van der Waals surface area contributed by atoms with Gasteiger partial charge in [0.05, 0.1) is 10.9 Å². The molecule has 0 bridgehead atoms. The molecule has 10 heteroatoms. The topological polar surface area (TPSA) is 101 Å². The van der Waals surface area contributed by atoms with Gasteiger partial charge in [0.25, 0.3) is 5.91 Å². The smallest absolute Gasteiger partial charge is 0.412 e. The van der Waals surface area contributed by atoms with Crippen molar-refractivity contribution in [3.63, 3.8) is 0 Å². The predicted molar refractivity (Wildman–Crippen MR) is 167 cm³/mol. The van der Waals surface area contributed by atoms with E-state index in [2.05, 4.69) is 16.0 Å². The first-order chi connectivity index (χ1) is 19.1. The molecule has 0 spiro atoms. The summed E-state index contributed by atoms with van der Waals surface area (Å²) in [5.41, 5.74) is 2.35. The second-order valence-corrected chi connectivity index (χ2v) is 13.8. The average molecular weight is 595 g/mol. The number of nitrogens with zero attached hydrogens (tertiary/aromatic N) is 1. The summed E-state index contributed by atoms with van der Waals surface area (Å²) in [5.74, 6) is -0.359. The maximum atomic E-state index is 13.5. The van der Waals surface area contributed by atoms with Gasteiger partial charge in [0.15, 0.2) is 0 Å². The van der Waals surface area contributed by atoms with Gasteiger partial charge in [-0.25, -0.2) is 4.79 Å². The number of hydrogen-bond donors (Lipinski definition) is 3. The third-order valence-corrected chi connectivity index (χ3v) is 7.06. The molecule has 216 valence electrons. The van der Waals surface area contributed by atoms with Crippen molar-refractivity contribution in [2.24, 2.45) is 5.41 Å². The molecule has 4 aromatic rings. The van der Waals surface area contributed by atoms with Crippen LogP contribution >= 0.6 is 22.9 Å². The first-order valence-electron chi connectivity index (χ1n) is 13.2. The van der Waals surface area contributed by atoms with E-state index in [9.17, 15) is 14.4 Å². The summed E-state index contributed by atoms with van der Waals surface area (Å²) in [4.78, 5) is 39.1. The number of fused-ring (bicyclic) bond motifs is 1. The van der Waals surface area contributed by atoms with Crippen LogP contribution in [0.4, 0.5) is 21.9 Å². The Kier molecular flexibility index (Phi) is 8.80. The number of benzene rings is 2. The Morgan fingerprint density at radius 2 is 1.46 bits per heavy atom. The van der Waals surface area contributed by atoms with Crippen molar-refractivity contribution in [3.05, 3.63) is 75.6 Å². The van der Waals surface area contributed by atoms with Crippen molar-refractivity contribution in [1.82, 2.24) is 4.57 Å². The van der Waals surface area contributed by atoms with E-state index in [4.69, 9.17) is 16.3 Å². The number of rotatable bonds is 7. The Labute approximate surface area is 249 Å². The van der Waals surface area contributed by atoms with E-state index in [-0.39, 0.29) is 17.2 Å². The van der Waals surface area contributed by atoms with Crippen LogP contribution in [-0.4, -0.2) is 28.1 Å². The first-order valence-corrected chi connectivity index (χ1v) is 14.4. The lowest BCUT2D eigenvalue weighted by Crippen LogP contribution is -2.27. The number of anilines is 3. The molecular weight excluding hydrogens is 560 g/mol. The van der Waals surface area contributed by atoms with E-state index in [0.29, 0.717) is 40.1 Å². The van der Waals surface area contributed by atoms with Gasteiger partial charge in [-0.15, -0.1) is 11.3 Å². The fourth-order valence-corrected chi connectivity index (χ4v) is 5.32.